The van der Waals surface area contributed by atoms with E-state index in [1.807, 2.05) is 61.5 Å². The van der Waals surface area contributed by atoms with Crippen LogP contribution in [0.2, 0.25) is 0 Å². The molecule has 1 amide bonds. The van der Waals surface area contributed by atoms with Crippen LogP contribution in [0.25, 0.3) is 0 Å². The molecular weight excluding hydrogens is 470 g/mol. The molecule has 2 aromatic carbocycles. The van der Waals surface area contributed by atoms with Crippen LogP contribution in [0.1, 0.15) is 23.6 Å². The maximum Gasteiger partial charge on any atom is 0.290 e. The number of amides is 1. The van der Waals surface area contributed by atoms with Gasteiger partial charge in [-0.1, -0.05) is 48.5 Å². The Labute approximate surface area is 214 Å². The van der Waals surface area contributed by atoms with Crippen molar-refractivity contribution < 1.29 is 14.3 Å². The van der Waals surface area contributed by atoms with Crippen LogP contribution in [0.3, 0.4) is 0 Å². The fourth-order valence-corrected chi connectivity index (χ4v) is 4.34. The summed E-state index contributed by atoms with van der Waals surface area (Å²) >= 11 is 0. The second-order valence-electron chi connectivity index (χ2n) is 8.68. The molecular formula is C27H27N7O3. The second-order valence-corrected chi connectivity index (χ2v) is 8.68. The molecule has 0 saturated carbocycles. The fourth-order valence-electron chi connectivity index (χ4n) is 4.34. The van der Waals surface area contributed by atoms with Gasteiger partial charge in [0.1, 0.15) is 5.82 Å². The van der Waals surface area contributed by atoms with E-state index in [2.05, 4.69) is 25.5 Å². The van der Waals surface area contributed by atoms with E-state index < -0.39 is 18.1 Å². The molecule has 188 valence electrons. The van der Waals surface area contributed by atoms with E-state index in [0.29, 0.717) is 42.5 Å². The zero-order valence-corrected chi connectivity index (χ0v) is 20.3. The van der Waals surface area contributed by atoms with Crippen molar-refractivity contribution in [3.63, 3.8) is 0 Å². The number of carbonyl (C=O) groups is 1. The fraction of sp³-hybridized carbons (Fsp3) is 0.222. The van der Waals surface area contributed by atoms with E-state index in [0.717, 1.165) is 11.1 Å². The molecule has 3 aromatic rings. The molecule has 2 unspecified atom stereocenters. The Bertz CT molecular complexity index is 1360. The lowest BCUT2D eigenvalue weighted by Crippen LogP contribution is -2.45. The van der Waals surface area contributed by atoms with Crippen molar-refractivity contribution in [2.24, 2.45) is 4.99 Å². The number of rotatable bonds is 4. The molecule has 2 atom stereocenters. The number of amidine groups is 1. The largest absolute Gasteiger partial charge is 0.407 e. The number of aliphatic imine (C=N–C) groups is 1. The summed E-state index contributed by atoms with van der Waals surface area (Å²) in [5.41, 5.74) is 3.27. The Kier molecular flexibility index (Phi) is 6.91. The first-order valence-corrected chi connectivity index (χ1v) is 12.0. The molecule has 10 nitrogen and oxygen atoms in total. The highest BCUT2D eigenvalue weighted by molar-refractivity contribution is 6.19. The maximum absolute atomic E-state index is 13.0. The monoisotopic (exact) mass is 497 g/mol. The Hall–Kier alpha value is -4.57. The van der Waals surface area contributed by atoms with E-state index in [1.165, 1.54) is 0 Å². The third-order valence-electron chi connectivity index (χ3n) is 6.14. The normalized spacial score (nSPS) is 19.1. The molecule has 37 heavy (non-hydrogen) atoms. The van der Waals surface area contributed by atoms with Gasteiger partial charge in [-0.2, -0.15) is 0 Å². The number of carbonyl (C=O) groups excluding carboxylic acids is 1. The summed E-state index contributed by atoms with van der Waals surface area (Å²) in [6.07, 6.45) is 0.515. The molecule has 5 rings (SSSR count). The lowest BCUT2D eigenvalue weighted by atomic mass is 10.0. The summed E-state index contributed by atoms with van der Waals surface area (Å²) in [5.74, 6) is -0.116. The number of nitrogens with one attached hydrogen (secondary N) is 4. The summed E-state index contributed by atoms with van der Waals surface area (Å²) in [6, 6.07) is 20.0. The molecule has 4 N–H and O–H groups in total. The first-order valence-electron chi connectivity index (χ1n) is 12.0. The number of aromatic nitrogens is 1. The molecule has 3 heterocycles. The molecule has 0 radical (unpaired) electrons. The predicted molar refractivity (Wildman–Crippen MR) is 142 cm³/mol. The predicted octanol–water partition coefficient (Wildman–Crippen LogP) is 2.99. The first kappa shape index (κ1) is 24.1. The standard InChI is InChI=1S/C27H27N7O3/c1-17-16-36-15-14-34(17)25-20(11-7-13-30-25)23(28)37-27(29)33-24-26(35)31-21-12-6-5-10-19(21)22(32-24)18-8-3-2-4-9-18/h2-13,17,24,28H,14-16H2,1H3,(H2,29,33)(H,31,35). The van der Waals surface area contributed by atoms with E-state index >= 15 is 0 Å². The molecule has 1 saturated heterocycles. The minimum absolute atomic E-state index is 0.0786. The van der Waals surface area contributed by atoms with Crippen LogP contribution < -0.4 is 15.5 Å². The lowest BCUT2D eigenvalue weighted by molar-refractivity contribution is -0.117. The maximum atomic E-state index is 13.0. The summed E-state index contributed by atoms with van der Waals surface area (Å²) in [7, 11) is 0. The number of pyridine rings is 1. The van der Waals surface area contributed by atoms with Crippen molar-refractivity contribution >= 4 is 35.0 Å². The number of hydrogen-bond acceptors (Lipinski definition) is 8. The van der Waals surface area contributed by atoms with Gasteiger partial charge in [-0.05, 0) is 25.1 Å². The minimum atomic E-state index is -1.14. The zero-order chi connectivity index (χ0) is 25.8. The van der Waals surface area contributed by atoms with Gasteiger partial charge in [0.15, 0.2) is 0 Å². The van der Waals surface area contributed by atoms with Crippen LogP contribution in [-0.2, 0) is 14.3 Å². The van der Waals surface area contributed by atoms with Gasteiger partial charge in [-0.15, -0.1) is 0 Å². The van der Waals surface area contributed by atoms with Crippen molar-refractivity contribution in [3.05, 3.63) is 89.6 Å². The van der Waals surface area contributed by atoms with Crippen molar-refractivity contribution in [1.82, 2.24) is 10.3 Å². The van der Waals surface area contributed by atoms with Crippen LogP contribution in [0.15, 0.2) is 77.9 Å². The average molecular weight is 498 g/mol. The number of benzodiazepines with no additional fused rings is 1. The third-order valence-corrected chi connectivity index (χ3v) is 6.14. The summed E-state index contributed by atoms with van der Waals surface area (Å²) < 4.78 is 11.0. The van der Waals surface area contributed by atoms with Crippen molar-refractivity contribution in [2.45, 2.75) is 19.1 Å². The number of ether oxygens (including phenoxy) is 2. The molecule has 10 heteroatoms. The number of benzene rings is 2. The molecule has 2 aliphatic heterocycles. The molecule has 2 aliphatic rings. The van der Waals surface area contributed by atoms with Crippen LogP contribution in [0.4, 0.5) is 11.5 Å². The van der Waals surface area contributed by atoms with Crippen LogP contribution >= 0.6 is 0 Å². The van der Waals surface area contributed by atoms with Gasteiger partial charge in [-0.3, -0.25) is 15.6 Å². The van der Waals surface area contributed by atoms with Gasteiger partial charge in [0.2, 0.25) is 12.1 Å². The highest BCUT2D eigenvalue weighted by Gasteiger charge is 2.28. The summed E-state index contributed by atoms with van der Waals surface area (Å²) in [4.78, 5) is 24.2. The van der Waals surface area contributed by atoms with Gasteiger partial charge in [0.25, 0.3) is 11.9 Å². The number of fused-ring (bicyclic) bond motifs is 1. The Morgan fingerprint density at radius 2 is 1.89 bits per heavy atom. The Morgan fingerprint density at radius 1 is 1.11 bits per heavy atom. The highest BCUT2D eigenvalue weighted by Crippen LogP contribution is 2.24. The number of anilines is 2. The van der Waals surface area contributed by atoms with Crippen molar-refractivity contribution in [2.75, 3.05) is 30.0 Å². The SMILES string of the molecule is CC1COCCN1c1ncccc1C(=N)OC(=N)NC1N=C(c2ccccc2)c2ccccc2NC1=O. The van der Waals surface area contributed by atoms with E-state index in [-0.39, 0.29) is 11.9 Å². The number of para-hydroxylation sites is 1. The third kappa shape index (κ3) is 5.19. The van der Waals surface area contributed by atoms with E-state index in [1.54, 1.807) is 18.3 Å². The topological polar surface area (TPSA) is 136 Å². The van der Waals surface area contributed by atoms with Gasteiger partial charge in [0.05, 0.1) is 36.2 Å². The number of nitrogens with zero attached hydrogens (tertiary/aromatic N) is 3. The minimum Gasteiger partial charge on any atom is -0.407 e. The van der Waals surface area contributed by atoms with Crippen molar-refractivity contribution in [3.8, 4) is 0 Å². The lowest BCUT2D eigenvalue weighted by Gasteiger charge is -2.35. The molecule has 0 aliphatic carbocycles. The van der Waals surface area contributed by atoms with E-state index in [4.69, 9.17) is 20.3 Å². The van der Waals surface area contributed by atoms with Gasteiger partial charge >= 0.3 is 0 Å². The quantitative estimate of drug-likeness (QED) is 0.323. The van der Waals surface area contributed by atoms with Crippen LogP contribution in [-0.4, -0.2) is 60.5 Å². The van der Waals surface area contributed by atoms with Crippen molar-refractivity contribution in [1.29, 1.82) is 10.8 Å². The van der Waals surface area contributed by atoms with E-state index in [9.17, 15) is 4.79 Å². The van der Waals surface area contributed by atoms with Gasteiger partial charge in [0, 0.05) is 23.9 Å². The molecule has 0 bridgehead atoms. The average Bonchev–Trinajstić information content (AvgIpc) is 3.05. The van der Waals surface area contributed by atoms with Gasteiger partial charge in [-0.25, -0.2) is 9.98 Å². The summed E-state index contributed by atoms with van der Waals surface area (Å²) in [6.45, 7) is 3.78. The number of morpholine rings is 1. The Morgan fingerprint density at radius 3 is 2.70 bits per heavy atom. The zero-order valence-electron chi connectivity index (χ0n) is 20.3. The molecule has 1 aromatic heterocycles. The number of hydrogen-bond donors (Lipinski definition) is 4. The molecule has 1 fully saturated rings. The smallest absolute Gasteiger partial charge is 0.290 e. The van der Waals surface area contributed by atoms with Crippen LogP contribution in [0.5, 0.6) is 0 Å². The molecule has 0 spiro atoms. The van der Waals surface area contributed by atoms with Gasteiger partial charge < -0.3 is 25.0 Å². The highest BCUT2D eigenvalue weighted by atomic mass is 16.5. The Balaban J connectivity index is 1.37. The van der Waals surface area contributed by atoms with Crippen LogP contribution in [0, 0.1) is 10.8 Å². The summed E-state index contributed by atoms with van der Waals surface area (Å²) in [5, 5.41) is 22.5. The second kappa shape index (κ2) is 10.6. The first-order chi connectivity index (χ1) is 18.0.